The fourth-order valence-electron chi connectivity index (χ4n) is 2.51. The molecule has 2 rings (SSSR count). The van der Waals surface area contributed by atoms with Gasteiger partial charge in [-0.1, -0.05) is 20.8 Å². The van der Waals surface area contributed by atoms with Gasteiger partial charge in [-0.05, 0) is 26.8 Å². The molecule has 112 valence electrons. The third-order valence-electron chi connectivity index (χ3n) is 3.98. The highest BCUT2D eigenvalue weighted by atomic mass is 15.2. The summed E-state index contributed by atoms with van der Waals surface area (Å²) in [5, 5.41) is 3.53. The van der Waals surface area contributed by atoms with Gasteiger partial charge in [0.05, 0.1) is 0 Å². The molecule has 2 atom stereocenters. The molecule has 0 spiro atoms. The Kier molecular flexibility index (Phi) is 4.18. The second kappa shape index (κ2) is 5.56. The van der Waals surface area contributed by atoms with E-state index in [1.54, 1.807) is 0 Å². The first-order valence-electron chi connectivity index (χ1n) is 7.37. The van der Waals surface area contributed by atoms with Crippen molar-refractivity contribution in [3.63, 3.8) is 0 Å². The molecule has 5 nitrogen and oxygen atoms in total. The van der Waals surface area contributed by atoms with E-state index in [4.69, 9.17) is 5.73 Å². The quantitative estimate of drug-likeness (QED) is 0.868. The SMILES string of the molecule is CC1CC(Nc2cc(N)nc(C(C)(C)C)n2)CCN1C. The summed E-state index contributed by atoms with van der Waals surface area (Å²) in [7, 11) is 2.18. The summed E-state index contributed by atoms with van der Waals surface area (Å²) in [5.74, 6) is 2.18. The van der Waals surface area contributed by atoms with E-state index in [-0.39, 0.29) is 5.41 Å². The van der Waals surface area contributed by atoms with Crippen LogP contribution in [0.5, 0.6) is 0 Å². The van der Waals surface area contributed by atoms with Crippen LogP contribution in [0.2, 0.25) is 0 Å². The minimum atomic E-state index is -0.0914. The van der Waals surface area contributed by atoms with Gasteiger partial charge in [-0.15, -0.1) is 0 Å². The first kappa shape index (κ1) is 15.0. The molecular formula is C15H27N5. The van der Waals surface area contributed by atoms with Crippen molar-refractivity contribution in [3.8, 4) is 0 Å². The number of aromatic nitrogens is 2. The van der Waals surface area contributed by atoms with Crippen LogP contribution in [-0.4, -0.2) is 40.5 Å². The Balaban J connectivity index is 2.12. The van der Waals surface area contributed by atoms with Gasteiger partial charge in [0, 0.05) is 30.1 Å². The summed E-state index contributed by atoms with van der Waals surface area (Å²) < 4.78 is 0. The van der Waals surface area contributed by atoms with Crippen LogP contribution in [-0.2, 0) is 5.41 Å². The third kappa shape index (κ3) is 3.60. The molecule has 1 aromatic heterocycles. The van der Waals surface area contributed by atoms with Crippen LogP contribution in [0.3, 0.4) is 0 Å². The number of nitrogens with two attached hydrogens (primary N) is 1. The molecular weight excluding hydrogens is 250 g/mol. The number of anilines is 2. The van der Waals surface area contributed by atoms with Crippen molar-refractivity contribution < 1.29 is 0 Å². The number of nitrogens with one attached hydrogen (secondary N) is 1. The van der Waals surface area contributed by atoms with Crippen molar-refractivity contribution in [3.05, 3.63) is 11.9 Å². The maximum atomic E-state index is 5.91. The Hall–Kier alpha value is -1.36. The molecule has 2 unspecified atom stereocenters. The van der Waals surface area contributed by atoms with Gasteiger partial charge < -0.3 is 16.0 Å². The summed E-state index contributed by atoms with van der Waals surface area (Å²) >= 11 is 0. The van der Waals surface area contributed by atoms with Crippen molar-refractivity contribution in [2.24, 2.45) is 0 Å². The van der Waals surface area contributed by atoms with Crippen molar-refractivity contribution in [2.75, 3.05) is 24.6 Å². The molecule has 0 bridgehead atoms. The van der Waals surface area contributed by atoms with E-state index in [1.807, 2.05) is 6.07 Å². The average Bonchev–Trinajstić information content (AvgIpc) is 2.32. The van der Waals surface area contributed by atoms with E-state index in [0.29, 0.717) is 17.9 Å². The lowest BCUT2D eigenvalue weighted by atomic mass is 9.95. The van der Waals surface area contributed by atoms with E-state index in [1.165, 1.54) is 0 Å². The number of hydrogen-bond acceptors (Lipinski definition) is 5. The van der Waals surface area contributed by atoms with Crippen LogP contribution < -0.4 is 11.1 Å². The van der Waals surface area contributed by atoms with E-state index >= 15 is 0 Å². The predicted molar refractivity (Wildman–Crippen MR) is 83.9 cm³/mol. The van der Waals surface area contributed by atoms with Crippen LogP contribution >= 0.6 is 0 Å². The molecule has 0 radical (unpaired) electrons. The number of hydrogen-bond donors (Lipinski definition) is 2. The van der Waals surface area contributed by atoms with Gasteiger partial charge in [0.1, 0.15) is 17.5 Å². The minimum absolute atomic E-state index is 0.0914. The molecule has 3 N–H and O–H groups in total. The number of rotatable bonds is 2. The van der Waals surface area contributed by atoms with Gasteiger partial charge >= 0.3 is 0 Å². The van der Waals surface area contributed by atoms with Crippen molar-refractivity contribution >= 4 is 11.6 Å². The standard InChI is InChI=1S/C15H27N5/c1-10-8-11(6-7-20(10)5)17-13-9-12(16)18-14(19-13)15(2,3)4/h9-11H,6-8H2,1-5H3,(H3,16,17,18,19). The highest BCUT2D eigenvalue weighted by Gasteiger charge is 2.24. The third-order valence-corrected chi connectivity index (χ3v) is 3.98. The molecule has 20 heavy (non-hydrogen) atoms. The van der Waals surface area contributed by atoms with Gasteiger partial charge in [0.15, 0.2) is 0 Å². The zero-order valence-corrected chi connectivity index (χ0v) is 13.3. The van der Waals surface area contributed by atoms with Gasteiger partial charge in [-0.2, -0.15) is 0 Å². The fraction of sp³-hybridized carbons (Fsp3) is 0.733. The Morgan fingerprint density at radius 3 is 2.65 bits per heavy atom. The molecule has 0 aliphatic carbocycles. The normalized spacial score (nSPS) is 24.6. The van der Waals surface area contributed by atoms with Gasteiger partial charge in [-0.3, -0.25) is 0 Å². The number of nitrogens with zero attached hydrogens (tertiary/aromatic N) is 3. The summed E-state index contributed by atoms with van der Waals surface area (Å²) in [5.41, 5.74) is 5.82. The van der Waals surface area contributed by atoms with Crippen LogP contribution in [0.4, 0.5) is 11.6 Å². The lowest BCUT2D eigenvalue weighted by molar-refractivity contribution is 0.190. The van der Waals surface area contributed by atoms with Crippen LogP contribution in [0, 0.1) is 0 Å². The molecule has 2 heterocycles. The van der Waals surface area contributed by atoms with E-state index in [9.17, 15) is 0 Å². The fourth-order valence-corrected chi connectivity index (χ4v) is 2.51. The van der Waals surface area contributed by atoms with Crippen molar-refractivity contribution in [1.29, 1.82) is 0 Å². The predicted octanol–water partition coefficient (Wildman–Crippen LogP) is 2.25. The zero-order chi connectivity index (χ0) is 14.9. The summed E-state index contributed by atoms with van der Waals surface area (Å²) in [6.07, 6.45) is 2.26. The first-order valence-corrected chi connectivity index (χ1v) is 7.37. The summed E-state index contributed by atoms with van der Waals surface area (Å²) in [6, 6.07) is 2.89. The largest absolute Gasteiger partial charge is 0.384 e. The summed E-state index contributed by atoms with van der Waals surface area (Å²) in [6.45, 7) is 9.68. The molecule has 0 saturated carbocycles. The second-order valence-corrected chi connectivity index (χ2v) is 6.95. The second-order valence-electron chi connectivity index (χ2n) is 6.95. The van der Waals surface area contributed by atoms with E-state index in [2.05, 4.69) is 54.9 Å². The topological polar surface area (TPSA) is 67.1 Å². The minimum Gasteiger partial charge on any atom is -0.384 e. The first-order chi connectivity index (χ1) is 9.25. The number of piperidine rings is 1. The lowest BCUT2D eigenvalue weighted by Crippen LogP contribution is -2.42. The highest BCUT2D eigenvalue weighted by Crippen LogP contribution is 2.23. The Bertz CT molecular complexity index is 466. The van der Waals surface area contributed by atoms with E-state index < -0.39 is 0 Å². The van der Waals surface area contributed by atoms with Crippen molar-refractivity contribution in [2.45, 2.75) is 58.0 Å². The molecule has 1 aromatic rings. The molecule has 0 amide bonds. The van der Waals surface area contributed by atoms with E-state index in [0.717, 1.165) is 31.0 Å². The lowest BCUT2D eigenvalue weighted by Gasteiger charge is -2.35. The maximum absolute atomic E-state index is 5.91. The Labute approximate surface area is 122 Å². The Morgan fingerprint density at radius 1 is 1.35 bits per heavy atom. The molecule has 0 aromatic carbocycles. The molecule has 1 fully saturated rings. The average molecular weight is 277 g/mol. The van der Waals surface area contributed by atoms with Crippen LogP contribution in [0.15, 0.2) is 6.07 Å². The van der Waals surface area contributed by atoms with Gasteiger partial charge in [0.2, 0.25) is 0 Å². The Morgan fingerprint density at radius 2 is 2.05 bits per heavy atom. The molecule has 1 saturated heterocycles. The maximum Gasteiger partial charge on any atom is 0.138 e. The van der Waals surface area contributed by atoms with Gasteiger partial charge in [0.25, 0.3) is 0 Å². The monoisotopic (exact) mass is 277 g/mol. The number of nitrogen functional groups attached to an aromatic ring is 1. The molecule has 1 aliphatic heterocycles. The smallest absolute Gasteiger partial charge is 0.138 e. The number of likely N-dealkylation sites (tertiary alicyclic amines) is 1. The van der Waals surface area contributed by atoms with Crippen LogP contribution in [0.1, 0.15) is 46.4 Å². The summed E-state index contributed by atoms with van der Waals surface area (Å²) in [4.78, 5) is 11.4. The van der Waals surface area contributed by atoms with Crippen LogP contribution in [0.25, 0.3) is 0 Å². The highest BCUT2D eigenvalue weighted by molar-refractivity contribution is 5.46. The molecule has 5 heteroatoms. The molecule has 1 aliphatic rings. The van der Waals surface area contributed by atoms with Gasteiger partial charge in [-0.25, -0.2) is 9.97 Å². The van der Waals surface area contributed by atoms with Crippen molar-refractivity contribution in [1.82, 2.24) is 14.9 Å². The zero-order valence-electron chi connectivity index (χ0n) is 13.3.